The minimum atomic E-state index is -0.600. The summed E-state index contributed by atoms with van der Waals surface area (Å²) >= 11 is 0. The highest BCUT2D eigenvalue weighted by Crippen LogP contribution is 2.31. The quantitative estimate of drug-likeness (QED) is 0.736. The molecule has 1 aliphatic heterocycles. The van der Waals surface area contributed by atoms with E-state index in [2.05, 4.69) is 6.58 Å². The van der Waals surface area contributed by atoms with E-state index in [1.165, 1.54) is 4.90 Å². The first kappa shape index (κ1) is 17.7. The Morgan fingerprint density at radius 1 is 1.31 bits per heavy atom. The molecule has 0 saturated carbocycles. The Kier molecular flexibility index (Phi) is 5.37. The van der Waals surface area contributed by atoms with Crippen LogP contribution in [-0.4, -0.2) is 30.6 Å². The molecule has 0 bridgehead atoms. The van der Waals surface area contributed by atoms with Crippen molar-refractivity contribution < 1.29 is 19.1 Å². The Hall–Kier alpha value is -3.08. The second-order valence-corrected chi connectivity index (χ2v) is 6.09. The molecule has 1 aliphatic rings. The lowest BCUT2D eigenvalue weighted by atomic mass is 9.94. The Morgan fingerprint density at radius 3 is 2.77 bits per heavy atom. The predicted molar refractivity (Wildman–Crippen MR) is 97.9 cm³/mol. The number of cyclic esters (lactones) is 1. The molecule has 0 aliphatic carbocycles. The second-order valence-electron chi connectivity index (χ2n) is 6.09. The molecule has 2 aromatic rings. The third-order valence-corrected chi connectivity index (χ3v) is 4.53. The van der Waals surface area contributed by atoms with Gasteiger partial charge in [0.2, 0.25) is 5.91 Å². The minimum absolute atomic E-state index is 0.134. The first-order valence-corrected chi connectivity index (χ1v) is 8.44. The van der Waals surface area contributed by atoms with E-state index in [4.69, 9.17) is 9.47 Å². The monoisotopic (exact) mass is 351 g/mol. The lowest BCUT2D eigenvalue weighted by Gasteiger charge is -2.22. The largest absolute Gasteiger partial charge is 0.497 e. The summed E-state index contributed by atoms with van der Waals surface area (Å²) in [4.78, 5) is 26.2. The fraction of sp³-hybridized carbons (Fsp3) is 0.238. The fourth-order valence-electron chi connectivity index (χ4n) is 3.11. The van der Waals surface area contributed by atoms with Gasteiger partial charge in [-0.05, 0) is 23.3 Å². The molecule has 0 aromatic heterocycles. The summed E-state index contributed by atoms with van der Waals surface area (Å²) < 4.78 is 10.4. The van der Waals surface area contributed by atoms with Gasteiger partial charge < -0.3 is 9.47 Å². The van der Waals surface area contributed by atoms with Gasteiger partial charge in [-0.15, -0.1) is 6.58 Å². The number of hydrogen-bond acceptors (Lipinski definition) is 4. The van der Waals surface area contributed by atoms with E-state index in [0.717, 1.165) is 11.1 Å². The molecule has 5 nitrogen and oxygen atoms in total. The van der Waals surface area contributed by atoms with Crippen molar-refractivity contribution in [2.75, 3.05) is 13.7 Å². The number of carbonyl (C=O) groups is 2. The van der Waals surface area contributed by atoms with E-state index >= 15 is 0 Å². The van der Waals surface area contributed by atoms with Crippen molar-refractivity contribution in [3.05, 3.63) is 78.4 Å². The first-order valence-electron chi connectivity index (χ1n) is 8.44. The van der Waals surface area contributed by atoms with E-state index in [-0.39, 0.29) is 24.9 Å². The van der Waals surface area contributed by atoms with Crippen LogP contribution in [0.4, 0.5) is 4.79 Å². The van der Waals surface area contributed by atoms with E-state index in [1.54, 1.807) is 13.2 Å². The molecule has 5 heteroatoms. The third-order valence-electron chi connectivity index (χ3n) is 4.53. The maximum Gasteiger partial charge on any atom is 0.417 e. The summed E-state index contributed by atoms with van der Waals surface area (Å²) in [5, 5.41) is 0. The molecule has 2 amide bonds. The van der Waals surface area contributed by atoms with Gasteiger partial charge in [-0.25, -0.2) is 9.69 Å². The number of amides is 2. The lowest BCUT2D eigenvalue weighted by molar-refractivity contribution is -0.129. The van der Waals surface area contributed by atoms with Crippen LogP contribution in [0.3, 0.4) is 0 Å². The fourth-order valence-corrected chi connectivity index (χ4v) is 3.11. The van der Waals surface area contributed by atoms with E-state index in [0.29, 0.717) is 5.75 Å². The summed E-state index contributed by atoms with van der Waals surface area (Å²) in [6, 6.07) is 16.5. The molecule has 0 radical (unpaired) electrons. The van der Waals surface area contributed by atoms with Crippen molar-refractivity contribution in [1.82, 2.24) is 4.90 Å². The van der Waals surface area contributed by atoms with Crippen LogP contribution >= 0.6 is 0 Å². The van der Waals surface area contributed by atoms with Crippen molar-refractivity contribution in [2.24, 2.45) is 0 Å². The average Bonchev–Trinajstić information content (AvgIpc) is 3.08. The van der Waals surface area contributed by atoms with Crippen LogP contribution in [0.1, 0.15) is 29.5 Å². The smallest absolute Gasteiger partial charge is 0.417 e. The van der Waals surface area contributed by atoms with Crippen molar-refractivity contribution in [2.45, 2.75) is 18.4 Å². The number of benzene rings is 2. The van der Waals surface area contributed by atoms with E-state index in [9.17, 15) is 9.59 Å². The Labute approximate surface area is 152 Å². The summed E-state index contributed by atoms with van der Waals surface area (Å²) in [5.74, 6) is 0.209. The normalized spacial score (nSPS) is 17.5. The van der Waals surface area contributed by atoms with Crippen molar-refractivity contribution >= 4 is 12.0 Å². The standard InChI is InChI=1S/C21H21NO4/c1-3-15(17-10-7-11-18(12-17)25-2)13-20(23)22-19(14-26-21(22)24)16-8-5-4-6-9-16/h3-12,15,19H,1,13-14H2,2H3/t15?,19-/m0/s1. The highest BCUT2D eigenvalue weighted by atomic mass is 16.6. The molecule has 1 heterocycles. The Bertz CT molecular complexity index is 803. The molecular weight excluding hydrogens is 330 g/mol. The van der Waals surface area contributed by atoms with Gasteiger partial charge in [0.1, 0.15) is 18.4 Å². The van der Waals surface area contributed by atoms with Crippen LogP contribution in [0, 0.1) is 0 Å². The summed E-state index contributed by atoms with van der Waals surface area (Å²) in [6.07, 6.45) is 1.25. The van der Waals surface area contributed by atoms with Crippen molar-refractivity contribution in [3.8, 4) is 5.75 Å². The first-order chi connectivity index (χ1) is 12.6. The SMILES string of the molecule is C=CC(CC(=O)N1C(=O)OC[C@H]1c1ccccc1)c1cccc(OC)c1. The minimum Gasteiger partial charge on any atom is -0.497 e. The van der Waals surface area contributed by atoms with Crippen molar-refractivity contribution in [3.63, 3.8) is 0 Å². The van der Waals surface area contributed by atoms with Crippen LogP contribution in [0.2, 0.25) is 0 Å². The predicted octanol–water partition coefficient (Wildman–Crippen LogP) is 4.08. The van der Waals surface area contributed by atoms with Gasteiger partial charge in [0.05, 0.1) is 7.11 Å². The number of nitrogens with zero attached hydrogens (tertiary/aromatic N) is 1. The maximum atomic E-state index is 12.9. The van der Waals surface area contributed by atoms with E-state index < -0.39 is 12.1 Å². The van der Waals surface area contributed by atoms with Gasteiger partial charge in [0, 0.05) is 12.3 Å². The van der Waals surface area contributed by atoms with Crippen LogP contribution in [0.25, 0.3) is 0 Å². The molecule has 2 aromatic carbocycles. The molecule has 26 heavy (non-hydrogen) atoms. The second kappa shape index (κ2) is 7.87. The molecule has 0 spiro atoms. The topological polar surface area (TPSA) is 55.8 Å². The molecular formula is C21H21NO4. The van der Waals surface area contributed by atoms with Crippen LogP contribution in [0.5, 0.6) is 5.75 Å². The van der Waals surface area contributed by atoms with E-state index in [1.807, 2.05) is 54.6 Å². The molecule has 2 atom stereocenters. The van der Waals surface area contributed by atoms with Crippen LogP contribution < -0.4 is 4.74 Å². The number of allylic oxidation sites excluding steroid dienone is 1. The van der Waals surface area contributed by atoms with Crippen LogP contribution in [-0.2, 0) is 9.53 Å². The van der Waals surface area contributed by atoms with Gasteiger partial charge in [-0.3, -0.25) is 4.79 Å². The highest BCUT2D eigenvalue weighted by Gasteiger charge is 2.39. The lowest BCUT2D eigenvalue weighted by Crippen LogP contribution is -2.34. The van der Waals surface area contributed by atoms with Gasteiger partial charge in [0.15, 0.2) is 0 Å². The molecule has 1 saturated heterocycles. The number of imide groups is 1. The molecule has 1 fully saturated rings. The number of carbonyl (C=O) groups excluding carboxylic acids is 2. The zero-order valence-corrected chi connectivity index (χ0v) is 14.6. The number of rotatable bonds is 6. The van der Waals surface area contributed by atoms with Gasteiger partial charge in [-0.2, -0.15) is 0 Å². The van der Waals surface area contributed by atoms with Gasteiger partial charge in [-0.1, -0.05) is 48.5 Å². The molecule has 0 N–H and O–H groups in total. The summed E-state index contributed by atoms with van der Waals surface area (Å²) in [6.45, 7) is 4.01. The number of hydrogen-bond donors (Lipinski definition) is 0. The van der Waals surface area contributed by atoms with Crippen molar-refractivity contribution in [1.29, 1.82) is 0 Å². The number of ether oxygens (including phenoxy) is 2. The third kappa shape index (κ3) is 3.61. The van der Waals surface area contributed by atoms with Gasteiger partial charge in [0.25, 0.3) is 0 Å². The summed E-state index contributed by atoms with van der Waals surface area (Å²) in [5.41, 5.74) is 1.79. The summed E-state index contributed by atoms with van der Waals surface area (Å²) in [7, 11) is 1.60. The maximum absolute atomic E-state index is 12.9. The Balaban J connectivity index is 1.80. The number of methoxy groups -OCH3 is 1. The van der Waals surface area contributed by atoms with Crippen LogP contribution in [0.15, 0.2) is 67.3 Å². The highest BCUT2D eigenvalue weighted by molar-refractivity contribution is 5.94. The Morgan fingerprint density at radius 2 is 2.08 bits per heavy atom. The molecule has 1 unspecified atom stereocenters. The molecule has 134 valence electrons. The van der Waals surface area contributed by atoms with Gasteiger partial charge >= 0.3 is 6.09 Å². The zero-order chi connectivity index (χ0) is 18.5. The zero-order valence-electron chi connectivity index (χ0n) is 14.6. The molecule has 3 rings (SSSR count). The average molecular weight is 351 g/mol.